The van der Waals surface area contributed by atoms with Gasteiger partial charge in [-0.05, 0) is 25.3 Å². The van der Waals surface area contributed by atoms with Crippen LogP contribution in [-0.4, -0.2) is 39.4 Å². The zero-order valence-corrected chi connectivity index (χ0v) is 14.3. The second-order valence-electron chi connectivity index (χ2n) is 5.11. The van der Waals surface area contributed by atoms with Crippen LogP contribution in [-0.2, 0) is 14.3 Å². The first-order valence-electron chi connectivity index (χ1n) is 7.41. The number of imide groups is 1. The lowest BCUT2D eigenvalue weighted by atomic mass is 10.1. The molecule has 0 aliphatic carbocycles. The second-order valence-corrected chi connectivity index (χ2v) is 5.89. The monoisotopic (exact) mass is 358 g/mol. The number of esters is 1. The molecule has 0 saturated heterocycles. The predicted octanol–water partition coefficient (Wildman–Crippen LogP) is 2.02. The molecular weight excluding hydrogens is 344 g/mol. The first kappa shape index (κ1) is 16.8. The highest BCUT2D eigenvalue weighted by Crippen LogP contribution is 2.25. The fourth-order valence-electron chi connectivity index (χ4n) is 2.21. The van der Waals surface area contributed by atoms with E-state index in [1.54, 1.807) is 19.9 Å². The van der Waals surface area contributed by atoms with Gasteiger partial charge in [0.1, 0.15) is 5.56 Å². The highest BCUT2D eigenvalue weighted by Gasteiger charge is 2.29. The maximum absolute atomic E-state index is 12.1. The van der Waals surface area contributed by atoms with Gasteiger partial charge in [0.05, 0.1) is 12.3 Å². The smallest absolute Gasteiger partial charge is 0.341 e. The maximum Gasteiger partial charge on any atom is 0.341 e. The number of ether oxygens (including phenoxy) is 1. The molecule has 0 saturated carbocycles. The third kappa shape index (κ3) is 3.26. The van der Waals surface area contributed by atoms with E-state index >= 15 is 0 Å². The number of carbonyl (C=O) groups excluding carboxylic acids is 3. The summed E-state index contributed by atoms with van der Waals surface area (Å²) < 4.78 is 5.03. The molecule has 0 bridgehead atoms. The highest BCUT2D eigenvalue weighted by molar-refractivity contribution is 7.08. The third-order valence-electron chi connectivity index (χ3n) is 3.39. The van der Waals surface area contributed by atoms with Crippen molar-refractivity contribution in [1.29, 1.82) is 0 Å². The van der Waals surface area contributed by atoms with Gasteiger partial charge in [-0.3, -0.25) is 15.0 Å². The summed E-state index contributed by atoms with van der Waals surface area (Å²) in [6.45, 7) is 3.48. The van der Waals surface area contributed by atoms with Crippen LogP contribution in [0.2, 0.25) is 0 Å². The number of aromatic nitrogens is 2. The minimum Gasteiger partial charge on any atom is -0.462 e. The van der Waals surface area contributed by atoms with Crippen LogP contribution in [0.4, 0.5) is 5.95 Å². The number of rotatable bonds is 5. The number of carbonyl (C=O) groups is 3. The van der Waals surface area contributed by atoms with E-state index in [1.807, 2.05) is 10.8 Å². The summed E-state index contributed by atoms with van der Waals surface area (Å²) in [6, 6.07) is 1.80. The maximum atomic E-state index is 12.1. The van der Waals surface area contributed by atoms with Gasteiger partial charge in [-0.2, -0.15) is 16.3 Å². The lowest BCUT2D eigenvalue weighted by molar-refractivity contribution is -0.135. The van der Waals surface area contributed by atoms with Crippen LogP contribution in [0.5, 0.6) is 0 Å². The standard InChI is InChI=1S/C16H14N4O4S/c1-3-24-15(23)11-7-17-16(18-13(11)10-4-5-25-8-10)19-20-12(21)6-9(2)14(20)22/h4-8H,3H2,1-2H3,(H,17,18,19). The molecule has 2 aromatic heterocycles. The zero-order chi connectivity index (χ0) is 18.0. The molecule has 1 N–H and O–H groups in total. The van der Waals surface area contributed by atoms with E-state index in [-0.39, 0.29) is 18.1 Å². The first-order chi connectivity index (χ1) is 12.0. The van der Waals surface area contributed by atoms with Crippen molar-refractivity contribution in [3.63, 3.8) is 0 Å². The molecule has 3 rings (SSSR count). The number of hydrazine groups is 1. The molecule has 0 aromatic carbocycles. The van der Waals surface area contributed by atoms with Crippen molar-refractivity contribution >= 4 is 35.1 Å². The van der Waals surface area contributed by atoms with Gasteiger partial charge in [0.2, 0.25) is 5.95 Å². The summed E-state index contributed by atoms with van der Waals surface area (Å²) in [4.78, 5) is 44.2. The summed E-state index contributed by atoms with van der Waals surface area (Å²) in [5, 5.41) is 4.50. The molecule has 0 fully saturated rings. The van der Waals surface area contributed by atoms with Gasteiger partial charge in [0.15, 0.2) is 0 Å². The molecule has 0 radical (unpaired) electrons. The van der Waals surface area contributed by atoms with E-state index in [9.17, 15) is 14.4 Å². The minimum absolute atomic E-state index is 0.0269. The number of anilines is 1. The Balaban J connectivity index is 1.95. The van der Waals surface area contributed by atoms with Gasteiger partial charge >= 0.3 is 5.97 Å². The Labute approximate surface area is 147 Å². The van der Waals surface area contributed by atoms with Crippen molar-refractivity contribution in [3.8, 4) is 11.3 Å². The lowest BCUT2D eigenvalue weighted by Gasteiger charge is -2.16. The molecule has 0 spiro atoms. The molecule has 128 valence electrons. The molecule has 2 aromatic rings. The summed E-state index contributed by atoms with van der Waals surface area (Å²) in [5.41, 5.74) is 4.19. The number of amides is 2. The van der Waals surface area contributed by atoms with E-state index < -0.39 is 17.8 Å². The van der Waals surface area contributed by atoms with Crippen LogP contribution in [0.3, 0.4) is 0 Å². The Morgan fingerprint density at radius 2 is 2.20 bits per heavy atom. The fraction of sp³-hybridized carbons (Fsp3) is 0.188. The van der Waals surface area contributed by atoms with Crippen molar-refractivity contribution in [2.24, 2.45) is 0 Å². The van der Waals surface area contributed by atoms with E-state index in [2.05, 4.69) is 15.4 Å². The highest BCUT2D eigenvalue weighted by atomic mass is 32.1. The zero-order valence-electron chi connectivity index (χ0n) is 13.5. The average molecular weight is 358 g/mol. The van der Waals surface area contributed by atoms with E-state index in [1.165, 1.54) is 23.6 Å². The number of nitrogens with zero attached hydrogens (tertiary/aromatic N) is 3. The lowest BCUT2D eigenvalue weighted by Crippen LogP contribution is -2.37. The Bertz CT molecular complexity index is 876. The van der Waals surface area contributed by atoms with Gasteiger partial charge in [-0.15, -0.1) is 0 Å². The summed E-state index contributed by atoms with van der Waals surface area (Å²) in [5.74, 6) is -1.49. The second kappa shape index (κ2) is 6.81. The summed E-state index contributed by atoms with van der Waals surface area (Å²) in [6.07, 6.45) is 2.54. The van der Waals surface area contributed by atoms with Gasteiger partial charge < -0.3 is 4.74 Å². The molecule has 25 heavy (non-hydrogen) atoms. The molecule has 0 atom stereocenters. The number of nitrogens with one attached hydrogen (secondary N) is 1. The van der Waals surface area contributed by atoms with Crippen molar-refractivity contribution < 1.29 is 19.1 Å². The van der Waals surface area contributed by atoms with Crippen LogP contribution in [0.25, 0.3) is 11.3 Å². The molecule has 8 nitrogen and oxygen atoms in total. The normalized spacial score (nSPS) is 13.8. The van der Waals surface area contributed by atoms with Crippen LogP contribution in [0, 0.1) is 0 Å². The molecule has 9 heteroatoms. The average Bonchev–Trinajstić information content (AvgIpc) is 3.20. The SMILES string of the molecule is CCOC(=O)c1cnc(NN2C(=O)C=C(C)C2=O)nc1-c1ccsc1. The van der Waals surface area contributed by atoms with Gasteiger partial charge in [0, 0.05) is 28.8 Å². The molecule has 1 aliphatic rings. The van der Waals surface area contributed by atoms with E-state index in [0.29, 0.717) is 16.8 Å². The summed E-state index contributed by atoms with van der Waals surface area (Å²) in [7, 11) is 0. The Morgan fingerprint density at radius 3 is 2.80 bits per heavy atom. The Hall–Kier alpha value is -3.07. The van der Waals surface area contributed by atoms with Crippen molar-refractivity contribution in [1.82, 2.24) is 15.0 Å². The van der Waals surface area contributed by atoms with Crippen LogP contribution in [0.15, 0.2) is 34.7 Å². The van der Waals surface area contributed by atoms with Crippen LogP contribution >= 0.6 is 11.3 Å². The fourth-order valence-corrected chi connectivity index (χ4v) is 2.85. The number of hydrogen-bond acceptors (Lipinski definition) is 8. The molecule has 2 amide bonds. The quantitative estimate of drug-likeness (QED) is 0.644. The molecular formula is C16H14N4O4S. The molecule has 0 unspecified atom stereocenters. The van der Waals surface area contributed by atoms with Gasteiger partial charge in [0.25, 0.3) is 11.8 Å². The Kier molecular flexibility index (Phi) is 4.57. The number of thiophene rings is 1. The number of hydrogen-bond donors (Lipinski definition) is 1. The Morgan fingerprint density at radius 1 is 1.40 bits per heavy atom. The van der Waals surface area contributed by atoms with Gasteiger partial charge in [-0.25, -0.2) is 14.8 Å². The predicted molar refractivity (Wildman–Crippen MR) is 90.5 cm³/mol. The minimum atomic E-state index is -0.541. The van der Waals surface area contributed by atoms with Crippen molar-refractivity contribution in [3.05, 3.63) is 40.2 Å². The molecule has 3 heterocycles. The summed E-state index contributed by atoms with van der Waals surface area (Å²) >= 11 is 1.45. The van der Waals surface area contributed by atoms with E-state index in [0.717, 1.165) is 5.01 Å². The van der Waals surface area contributed by atoms with Crippen molar-refractivity contribution in [2.45, 2.75) is 13.8 Å². The van der Waals surface area contributed by atoms with Crippen LogP contribution < -0.4 is 5.43 Å². The topological polar surface area (TPSA) is 101 Å². The van der Waals surface area contributed by atoms with Gasteiger partial charge in [-0.1, -0.05) is 0 Å². The largest absolute Gasteiger partial charge is 0.462 e. The van der Waals surface area contributed by atoms with Crippen LogP contribution in [0.1, 0.15) is 24.2 Å². The van der Waals surface area contributed by atoms with E-state index in [4.69, 9.17) is 4.74 Å². The molecule has 1 aliphatic heterocycles. The first-order valence-corrected chi connectivity index (χ1v) is 8.35. The van der Waals surface area contributed by atoms with Crippen molar-refractivity contribution in [2.75, 3.05) is 12.0 Å². The third-order valence-corrected chi connectivity index (χ3v) is 4.07.